The van der Waals surface area contributed by atoms with Crippen LogP contribution in [0, 0.1) is 0 Å². The van der Waals surface area contributed by atoms with Crippen LogP contribution in [0.1, 0.15) is 44.9 Å². The Morgan fingerprint density at radius 3 is 2.17 bits per heavy atom. The fourth-order valence-corrected chi connectivity index (χ4v) is 3.23. The standard InChI is InChI=1S/C14H26N4/c15-14(16-12-4-2-1-3-5-12)18-10-8-17(9-11-18)13-6-7-13/h12-13H,1-11H2,(H2,15,16). The third kappa shape index (κ3) is 2.97. The summed E-state index contributed by atoms with van der Waals surface area (Å²) in [5, 5.41) is 0. The maximum absolute atomic E-state index is 6.17. The molecule has 0 atom stereocenters. The van der Waals surface area contributed by atoms with Gasteiger partial charge in [0.15, 0.2) is 5.96 Å². The highest BCUT2D eigenvalue weighted by atomic mass is 15.3. The topological polar surface area (TPSA) is 44.9 Å². The minimum atomic E-state index is 0.500. The van der Waals surface area contributed by atoms with Crippen LogP contribution >= 0.6 is 0 Å². The summed E-state index contributed by atoms with van der Waals surface area (Å²) in [6, 6.07) is 1.39. The van der Waals surface area contributed by atoms with Crippen molar-refractivity contribution in [3.8, 4) is 0 Å². The summed E-state index contributed by atoms with van der Waals surface area (Å²) in [6.07, 6.45) is 9.34. The van der Waals surface area contributed by atoms with Gasteiger partial charge in [-0.15, -0.1) is 0 Å². The Bertz CT molecular complexity index is 297. The fourth-order valence-electron chi connectivity index (χ4n) is 3.23. The molecule has 0 unspecified atom stereocenters. The van der Waals surface area contributed by atoms with E-state index in [9.17, 15) is 0 Å². The first kappa shape index (κ1) is 12.3. The number of piperazine rings is 1. The molecule has 3 rings (SSSR count). The van der Waals surface area contributed by atoms with E-state index in [-0.39, 0.29) is 0 Å². The van der Waals surface area contributed by atoms with Gasteiger partial charge >= 0.3 is 0 Å². The van der Waals surface area contributed by atoms with Crippen LogP contribution in [0.5, 0.6) is 0 Å². The van der Waals surface area contributed by atoms with Crippen molar-refractivity contribution in [3.05, 3.63) is 0 Å². The molecule has 0 aromatic carbocycles. The van der Waals surface area contributed by atoms with Gasteiger partial charge in [0.1, 0.15) is 0 Å². The zero-order valence-corrected chi connectivity index (χ0v) is 11.4. The molecular weight excluding hydrogens is 224 g/mol. The highest BCUT2D eigenvalue weighted by Gasteiger charge is 2.31. The van der Waals surface area contributed by atoms with Crippen molar-refractivity contribution in [2.24, 2.45) is 10.7 Å². The molecular formula is C14H26N4. The molecule has 4 heteroatoms. The molecule has 1 aliphatic heterocycles. The molecule has 3 fully saturated rings. The van der Waals surface area contributed by atoms with E-state index in [0.29, 0.717) is 6.04 Å². The monoisotopic (exact) mass is 250 g/mol. The second-order valence-electron chi connectivity index (χ2n) is 6.03. The van der Waals surface area contributed by atoms with Gasteiger partial charge in [-0.3, -0.25) is 4.90 Å². The molecule has 0 bridgehead atoms. The van der Waals surface area contributed by atoms with Crippen LogP contribution in [0.4, 0.5) is 0 Å². The minimum absolute atomic E-state index is 0.500. The number of guanidine groups is 1. The van der Waals surface area contributed by atoms with Gasteiger partial charge in [0.05, 0.1) is 6.04 Å². The van der Waals surface area contributed by atoms with Crippen molar-refractivity contribution >= 4 is 5.96 Å². The molecule has 2 N–H and O–H groups in total. The fraction of sp³-hybridized carbons (Fsp3) is 0.929. The maximum Gasteiger partial charge on any atom is 0.191 e. The molecule has 0 aromatic heterocycles. The summed E-state index contributed by atoms with van der Waals surface area (Å²) < 4.78 is 0. The van der Waals surface area contributed by atoms with Gasteiger partial charge in [-0.2, -0.15) is 0 Å². The van der Waals surface area contributed by atoms with E-state index in [1.54, 1.807) is 0 Å². The molecule has 18 heavy (non-hydrogen) atoms. The number of nitrogens with two attached hydrogens (primary N) is 1. The van der Waals surface area contributed by atoms with Gasteiger partial charge in [0.2, 0.25) is 0 Å². The summed E-state index contributed by atoms with van der Waals surface area (Å²) in [4.78, 5) is 9.65. The third-order valence-corrected chi connectivity index (χ3v) is 4.59. The summed E-state index contributed by atoms with van der Waals surface area (Å²) in [6.45, 7) is 4.48. The Morgan fingerprint density at radius 1 is 0.889 bits per heavy atom. The normalized spacial score (nSPS) is 28.7. The van der Waals surface area contributed by atoms with Gasteiger partial charge in [0.25, 0.3) is 0 Å². The number of aliphatic imine (C=N–C) groups is 1. The van der Waals surface area contributed by atoms with Crippen molar-refractivity contribution < 1.29 is 0 Å². The lowest BCUT2D eigenvalue weighted by molar-refractivity contribution is 0.173. The van der Waals surface area contributed by atoms with Crippen molar-refractivity contribution in [1.29, 1.82) is 0 Å². The second kappa shape index (κ2) is 5.47. The molecule has 1 heterocycles. The molecule has 0 spiro atoms. The number of nitrogens with zero attached hydrogens (tertiary/aromatic N) is 3. The number of hydrogen-bond acceptors (Lipinski definition) is 2. The Labute approximate surface area is 110 Å². The van der Waals surface area contributed by atoms with Crippen LogP contribution in [0.25, 0.3) is 0 Å². The van der Waals surface area contributed by atoms with Crippen molar-refractivity contribution in [2.45, 2.75) is 57.0 Å². The summed E-state index contributed by atoms with van der Waals surface area (Å²) in [5.41, 5.74) is 6.17. The zero-order valence-electron chi connectivity index (χ0n) is 11.4. The second-order valence-corrected chi connectivity index (χ2v) is 6.03. The third-order valence-electron chi connectivity index (χ3n) is 4.59. The Balaban J connectivity index is 1.49. The average molecular weight is 250 g/mol. The van der Waals surface area contributed by atoms with Gasteiger partial charge in [-0.1, -0.05) is 19.3 Å². The predicted octanol–water partition coefficient (Wildman–Crippen LogP) is 1.41. The molecule has 0 aromatic rings. The first-order chi connectivity index (χ1) is 8.83. The van der Waals surface area contributed by atoms with Crippen LogP contribution in [-0.4, -0.2) is 54.0 Å². The summed E-state index contributed by atoms with van der Waals surface area (Å²) in [5.74, 6) is 0.803. The first-order valence-electron chi connectivity index (χ1n) is 7.65. The molecule has 4 nitrogen and oxygen atoms in total. The van der Waals surface area contributed by atoms with E-state index in [4.69, 9.17) is 10.7 Å². The van der Waals surface area contributed by atoms with Crippen LogP contribution in [0.2, 0.25) is 0 Å². The van der Waals surface area contributed by atoms with Crippen molar-refractivity contribution in [2.75, 3.05) is 26.2 Å². The molecule has 0 radical (unpaired) electrons. The van der Waals surface area contributed by atoms with Crippen LogP contribution in [0.3, 0.4) is 0 Å². The maximum atomic E-state index is 6.17. The number of hydrogen-bond donors (Lipinski definition) is 1. The van der Waals surface area contributed by atoms with E-state index < -0.39 is 0 Å². The van der Waals surface area contributed by atoms with Crippen LogP contribution < -0.4 is 5.73 Å². The lowest BCUT2D eigenvalue weighted by atomic mass is 9.96. The van der Waals surface area contributed by atoms with E-state index in [1.807, 2.05) is 0 Å². The molecule has 1 saturated heterocycles. The molecule has 2 aliphatic carbocycles. The Morgan fingerprint density at radius 2 is 1.56 bits per heavy atom. The number of rotatable bonds is 2. The van der Waals surface area contributed by atoms with Crippen molar-refractivity contribution in [1.82, 2.24) is 9.80 Å². The lowest BCUT2D eigenvalue weighted by Gasteiger charge is -2.35. The minimum Gasteiger partial charge on any atom is -0.370 e. The summed E-state index contributed by atoms with van der Waals surface area (Å²) in [7, 11) is 0. The molecule has 0 amide bonds. The predicted molar refractivity (Wildman–Crippen MR) is 74.7 cm³/mol. The zero-order chi connectivity index (χ0) is 12.4. The molecule has 3 aliphatic rings. The van der Waals surface area contributed by atoms with E-state index in [2.05, 4.69) is 9.80 Å². The highest BCUT2D eigenvalue weighted by Crippen LogP contribution is 2.27. The largest absolute Gasteiger partial charge is 0.370 e. The van der Waals surface area contributed by atoms with Gasteiger partial charge in [-0.05, 0) is 25.7 Å². The average Bonchev–Trinajstić information content (AvgIpc) is 3.24. The molecule has 2 saturated carbocycles. The van der Waals surface area contributed by atoms with E-state index >= 15 is 0 Å². The van der Waals surface area contributed by atoms with Gasteiger partial charge in [-0.25, -0.2) is 4.99 Å². The SMILES string of the molecule is NC(=NC1CCCCC1)N1CCN(C2CC2)CC1. The summed E-state index contributed by atoms with van der Waals surface area (Å²) >= 11 is 0. The van der Waals surface area contributed by atoms with Crippen molar-refractivity contribution in [3.63, 3.8) is 0 Å². The smallest absolute Gasteiger partial charge is 0.191 e. The molecule has 102 valence electrons. The van der Waals surface area contributed by atoms with E-state index in [1.165, 1.54) is 58.0 Å². The van der Waals surface area contributed by atoms with Gasteiger partial charge in [0, 0.05) is 32.2 Å². The Hall–Kier alpha value is -0.770. The van der Waals surface area contributed by atoms with Crippen LogP contribution in [-0.2, 0) is 0 Å². The van der Waals surface area contributed by atoms with Gasteiger partial charge < -0.3 is 10.6 Å². The highest BCUT2D eigenvalue weighted by molar-refractivity contribution is 5.78. The lowest BCUT2D eigenvalue weighted by Crippen LogP contribution is -2.51. The van der Waals surface area contributed by atoms with E-state index in [0.717, 1.165) is 25.1 Å². The quantitative estimate of drug-likeness (QED) is 0.595. The Kier molecular flexibility index (Phi) is 3.73. The van der Waals surface area contributed by atoms with Crippen LogP contribution in [0.15, 0.2) is 4.99 Å². The first-order valence-corrected chi connectivity index (χ1v) is 7.65.